The standard InChI is InChI=1S/C14H17NO3S/c1-9(6-7-15)19-8-11-10-4-2-3-5-12(10)18-13(11)14(16)17/h2-5,9H,6-8,15H2,1H3,(H,16,17). The number of benzene rings is 1. The first-order valence-corrected chi connectivity index (χ1v) is 7.23. The summed E-state index contributed by atoms with van der Waals surface area (Å²) in [4.78, 5) is 11.2. The first-order valence-electron chi connectivity index (χ1n) is 6.19. The molecule has 102 valence electrons. The molecule has 1 aromatic carbocycles. The van der Waals surface area contributed by atoms with Gasteiger partial charge in [0, 0.05) is 22.0 Å². The predicted molar refractivity (Wildman–Crippen MR) is 77.6 cm³/mol. The first-order chi connectivity index (χ1) is 9.13. The van der Waals surface area contributed by atoms with E-state index in [1.165, 1.54) is 0 Å². The van der Waals surface area contributed by atoms with Crippen molar-refractivity contribution in [3.63, 3.8) is 0 Å². The van der Waals surface area contributed by atoms with Crippen molar-refractivity contribution in [2.75, 3.05) is 6.54 Å². The molecule has 0 aliphatic rings. The summed E-state index contributed by atoms with van der Waals surface area (Å²) >= 11 is 1.70. The van der Waals surface area contributed by atoms with Crippen molar-refractivity contribution in [3.05, 3.63) is 35.6 Å². The van der Waals surface area contributed by atoms with Gasteiger partial charge in [-0.05, 0) is 19.0 Å². The lowest BCUT2D eigenvalue weighted by Gasteiger charge is -2.09. The zero-order valence-electron chi connectivity index (χ0n) is 10.8. The Morgan fingerprint density at radius 1 is 1.47 bits per heavy atom. The zero-order valence-corrected chi connectivity index (χ0v) is 11.6. The minimum Gasteiger partial charge on any atom is -0.475 e. The van der Waals surface area contributed by atoms with Crippen LogP contribution in [-0.4, -0.2) is 22.9 Å². The van der Waals surface area contributed by atoms with E-state index in [2.05, 4.69) is 6.92 Å². The van der Waals surface area contributed by atoms with Crippen LogP contribution in [0.1, 0.15) is 29.5 Å². The molecule has 19 heavy (non-hydrogen) atoms. The number of carboxylic acids is 1. The van der Waals surface area contributed by atoms with Crippen LogP contribution in [0, 0.1) is 0 Å². The Kier molecular flexibility index (Phi) is 4.50. The topological polar surface area (TPSA) is 76.5 Å². The molecule has 4 nitrogen and oxygen atoms in total. The molecule has 2 aromatic rings. The van der Waals surface area contributed by atoms with E-state index >= 15 is 0 Å². The lowest BCUT2D eigenvalue weighted by molar-refractivity contribution is 0.0664. The number of carboxylic acid groups (broad SMARTS) is 1. The monoisotopic (exact) mass is 279 g/mol. The second kappa shape index (κ2) is 6.12. The molecule has 0 aliphatic heterocycles. The number of rotatable bonds is 6. The minimum absolute atomic E-state index is 0.0497. The highest BCUT2D eigenvalue weighted by Crippen LogP contribution is 2.31. The highest BCUT2D eigenvalue weighted by Gasteiger charge is 2.20. The number of furan rings is 1. The predicted octanol–water partition coefficient (Wildman–Crippen LogP) is 3.10. The summed E-state index contributed by atoms with van der Waals surface area (Å²) < 4.78 is 5.42. The molecule has 1 unspecified atom stereocenters. The average Bonchev–Trinajstić information content (AvgIpc) is 2.75. The fraction of sp³-hybridized carbons (Fsp3) is 0.357. The van der Waals surface area contributed by atoms with Crippen molar-refractivity contribution < 1.29 is 14.3 Å². The van der Waals surface area contributed by atoms with E-state index in [9.17, 15) is 9.90 Å². The zero-order chi connectivity index (χ0) is 13.8. The molecule has 0 aliphatic carbocycles. The van der Waals surface area contributed by atoms with Crippen LogP contribution < -0.4 is 5.73 Å². The van der Waals surface area contributed by atoms with E-state index in [0.29, 0.717) is 23.1 Å². The number of hydrogen-bond acceptors (Lipinski definition) is 4. The van der Waals surface area contributed by atoms with Crippen molar-refractivity contribution in [1.29, 1.82) is 0 Å². The summed E-state index contributed by atoms with van der Waals surface area (Å²) in [6.07, 6.45) is 0.919. The van der Waals surface area contributed by atoms with E-state index in [0.717, 1.165) is 17.4 Å². The molecule has 3 N–H and O–H groups in total. The van der Waals surface area contributed by atoms with Gasteiger partial charge >= 0.3 is 5.97 Å². The van der Waals surface area contributed by atoms with Crippen molar-refractivity contribution >= 4 is 28.7 Å². The van der Waals surface area contributed by atoms with Crippen molar-refractivity contribution in [3.8, 4) is 0 Å². The van der Waals surface area contributed by atoms with Gasteiger partial charge in [-0.1, -0.05) is 25.1 Å². The maximum absolute atomic E-state index is 11.2. The minimum atomic E-state index is -1.02. The van der Waals surface area contributed by atoms with Gasteiger partial charge in [-0.25, -0.2) is 4.79 Å². The molecule has 0 spiro atoms. The third-order valence-electron chi connectivity index (χ3n) is 2.98. The van der Waals surface area contributed by atoms with Crippen LogP contribution in [-0.2, 0) is 5.75 Å². The maximum atomic E-state index is 11.2. The molecule has 0 radical (unpaired) electrons. The Balaban J connectivity index is 2.29. The van der Waals surface area contributed by atoms with E-state index in [1.54, 1.807) is 17.8 Å². The van der Waals surface area contributed by atoms with Gasteiger partial charge in [0.05, 0.1) is 0 Å². The third kappa shape index (κ3) is 3.11. The molecule has 0 fully saturated rings. The summed E-state index contributed by atoms with van der Waals surface area (Å²) in [7, 11) is 0. The number of nitrogens with two attached hydrogens (primary N) is 1. The molecule has 1 atom stereocenters. The average molecular weight is 279 g/mol. The SMILES string of the molecule is CC(CCN)SCc1c(C(=O)O)oc2ccccc12. The highest BCUT2D eigenvalue weighted by atomic mass is 32.2. The number of para-hydroxylation sites is 1. The molecule has 5 heteroatoms. The molecule has 1 heterocycles. The molecule has 0 bridgehead atoms. The summed E-state index contributed by atoms with van der Waals surface area (Å²) in [6.45, 7) is 2.74. The summed E-state index contributed by atoms with van der Waals surface area (Å²) in [5, 5.41) is 10.5. The van der Waals surface area contributed by atoms with Gasteiger partial charge in [0.2, 0.25) is 5.76 Å². The number of carbonyl (C=O) groups is 1. The lowest BCUT2D eigenvalue weighted by atomic mass is 10.1. The maximum Gasteiger partial charge on any atom is 0.372 e. The summed E-state index contributed by atoms with van der Waals surface area (Å²) in [5.41, 5.74) is 6.91. The van der Waals surface area contributed by atoms with Gasteiger partial charge in [-0.2, -0.15) is 11.8 Å². The van der Waals surface area contributed by atoms with Crippen LogP contribution in [0.2, 0.25) is 0 Å². The van der Waals surface area contributed by atoms with Gasteiger partial charge in [0.15, 0.2) is 0 Å². The van der Waals surface area contributed by atoms with Crippen molar-refractivity contribution in [1.82, 2.24) is 0 Å². The molecular formula is C14H17NO3S. The molecule has 0 saturated carbocycles. The van der Waals surface area contributed by atoms with Crippen LogP contribution in [0.4, 0.5) is 0 Å². The summed E-state index contributed by atoms with van der Waals surface area (Å²) in [5.74, 6) is -0.341. The van der Waals surface area contributed by atoms with E-state index < -0.39 is 5.97 Å². The van der Waals surface area contributed by atoms with Crippen LogP contribution >= 0.6 is 11.8 Å². The normalized spacial score (nSPS) is 12.7. The highest BCUT2D eigenvalue weighted by molar-refractivity contribution is 7.99. The number of hydrogen-bond donors (Lipinski definition) is 2. The second-order valence-electron chi connectivity index (χ2n) is 4.41. The van der Waals surface area contributed by atoms with Crippen LogP contribution in [0.15, 0.2) is 28.7 Å². The molecule has 0 amide bonds. The lowest BCUT2D eigenvalue weighted by Crippen LogP contribution is -2.07. The number of thioether (sulfide) groups is 1. The van der Waals surface area contributed by atoms with E-state index in [-0.39, 0.29) is 5.76 Å². The second-order valence-corrected chi connectivity index (χ2v) is 5.84. The van der Waals surface area contributed by atoms with Gasteiger partial charge in [0.25, 0.3) is 0 Å². The van der Waals surface area contributed by atoms with Gasteiger partial charge in [-0.3, -0.25) is 0 Å². The first kappa shape index (κ1) is 14.0. The Hall–Kier alpha value is -1.46. The largest absolute Gasteiger partial charge is 0.475 e. The number of aromatic carboxylic acids is 1. The Labute approximate surface area is 116 Å². The van der Waals surface area contributed by atoms with Crippen LogP contribution in [0.5, 0.6) is 0 Å². The fourth-order valence-electron chi connectivity index (χ4n) is 1.96. The molecule has 0 saturated heterocycles. The Bertz CT molecular complexity index is 579. The number of fused-ring (bicyclic) bond motifs is 1. The van der Waals surface area contributed by atoms with Crippen molar-refractivity contribution in [2.45, 2.75) is 24.3 Å². The smallest absolute Gasteiger partial charge is 0.372 e. The molecular weight excluding hydrogens is 262 g/mol. The molecule has 1 aromatic heterocycles. The van der Waals surface area contributed by atoms with Gasteiger partial charge < -0.3 is 15.3 Å². The van der Waals surface area contributed by atoms with Crippen LogP contribution in [0.25, 0.3) is 11.0 Å². The van der Waals surface area contributed by atoms with Crippen molar-refractivity contribution in [2.24, 2.45) is 5.73 Å². The molecule has 2 rings (SSSR count). The quantitative estimate of drug-likeness (QED) is 0.849. The Morgan fingerprint density at radius 2 is 2.21 bits per heavy atom. The van der Waals surface area contributed by atoms with Crippen LogP contribution in [0.3, 0.4) is 0 Å². The third-order valence-corrected chi connectivity index (χ3v) is 4.24. The summed E-state index contributed by atoms with van der Waals surface area (Å²) in [6, 6.07) is 7.42. The van der Waals surface area contributed by atoms with Gasteiger partial charge in [-0.15, -0.1) is 0 Å². The Morgan fingerprint density at radius 3 is 2.89 bits per heavy atom. The van der Waals surface area contributed by atoms with E-state index in [1.807, 2.05) is 18.2 Å². The van der Waals surface area contributed by atoms with E-state index in [4.69, 9.17) is 10.2 Å². The fourth-order valence-corrected chi connectivity index (χ4v) is 3.00. The van der Waals surface area contributed by atoms with Gasteiger partial charge in [0.1, 0.15) is 5.58 Å².